The summed E-state index contributed by atoms with van der Waals surface area (Å²) in [6.07, 6.45) is 3.88. The number of hydrogen-bond donors (Lipinski definition) is 3. The number of carbonyl (C=O) groups excluding carboxylic acids is 1. The summed E-state index contributed by atoms with van der Waals surface area (Å²) in [6, 6.07) is 24.6. The van der Waals surface area contributed by atoms with Crippen molar-refractivity contribution in [3.8, 4) is 0 Å². The zero-order chi connectivity index (χ0) is 32.6. The summed E-state index contributed by atoms with van der Waals surface area (Å²) in [4.78, 5) is 15.9. The van der Waals surface area contributed by atoms with Gasteiger partial charge in [-0.25, -0.2) is 8.42 Å². The number of hydrogen-bond acceptors (Lipinski definition) is 6. The van der Waals surface area contributed by atoms with E-state index in [0.717, 1.165) is 24.0 Å². The summed E-state index contributed by atoms with van der Waals surface area (Å²) in [5, 5.41) is 19.8. The molecule has 3 aromatic carbocycles. The van der Waals surface area contributed by atoms with Gasteiger partial charge in [0.2, 0.25) is 15.9 Å². The fourth-order valence-electron chi connectivity index (χ4n) is 6.29. The number of amides is 1. The Morgan fingerprint density at radius 2 is 1.44 bits per heavy atom. The largest absolute Gasteiger partial charge is 0.395 e. The lowest BCUT2D eigenvalue weighted by molar-refractivity contribution is -0.134. The van der Waals surface area contributed by atoms with Gasteiger partial charge in [0.25, 0.3) is 0 Å². The number of benzene rings is 3. The van der Waals surface area contributed by atoms with Gasteiger partial charge in [0.05, 0.1) is 24.2 Å². The summed E-state index contributed by atoms with van der Waals surface area (Å²) in [6.45, 7) is 3.71. The van der Waals surface area contributed by atoms with E-state index in [-0.39, 0.29) is 48.4 Å². The summed E-state index contributed by atoms with van der Waals surface area (Å²) < 4.78 is 28.9. The van der Waals surface area contributed by atoms with Crippen LogP contribution >= 0.6 is 0 Å². The number of rotatable bonds is 17. The van der Waals surface area contributed by atoms with Crippen LogP contribution in [0.1, 0.15) is 68.6 Å². The molecule has 3 aromatic rings. The van der Waals surface area contributed by atoms with Crippen LogP contribution in [0.2, 0.25) is 0 Å². The molecule has 0 saturated heterocycles. The first-order valence-corrected chi connectivity index (χ1v) is 17.5. The number of aliphatic hydroxyl groups is 2. The standard InChI is InChI=1S/C36H49N3O5S/c1-26(2)23-39(45(43,44)32-21-17-27(24-40)18-22-32)31(25-41)15-10-16-33(28-19-20-28)38(3)36(42)35(37)34(29-11-6-4-7-12-29)30-13-8-5-9-14-30/h4-9,11-14,17-18,21-22,26,28,31,33-35,40-41H,10,15-16,19-20,23-25,37H2,1-3H3/t31-,33+,35-/m0/s1. The SMILES string of the molecule is CC(C)CN([C@H](CO)CCC[C@H](C1CC1)N(C)C(=O)[C@@H](N)C(c1ccccc1)c1ccccc1)S(=O)(=O)c1ccc(CO)cc1. The Hall–Kier alpha value is -3.08. The van der Waals surface area contributed by atoms with Gasteiger partial charge in [0.1, 0.15) is 0 Å². The van der Waals surface area contributed by atoms with Crippen LogP contribution < -0.4 is 5.73 Å². The first-order chi connectivity index (χ1) is 21.6. The Kier molecular flexibility index (Phi) is 12.3. The van der Waals surface area contributed by atoms with Crippen molar-refractivity contribution >= 4 is 15.9 Å². The highest BCUT2D eigenvalue weighted by molar-refractivity contribution is 7.89. The predicted molar refractivity (Wildman–Crippen MR) is 178 cm³/mol. The predicted octanol–water partition coefficient (Wildman–Crippen LogP) is 4.75. The van der Waals surface area contributed by atoms with Crippen molar-refractivity contribution in [2.75, 3.05) is 20.2 Å². The fourth-order valence-corrected chi connectivity index (χ4v) is 8.10. The molecule has 244 valence electrons. The molecule has 1 amide bonds. The molecule has 0 aromatic heterocycles. The molecule has 1 saturated carbocycles. The van der Waals surface area contributed by atoms with E-state index in [1.165, 1.54) is 16.4 Å². The van der Waals surface area contributed by atoms with E-state index in [1.807, 2.05) is 86.5 Å². The Labute approximate surface area is 268 Å². The molecular formula is C36H49N3O5S. The van der Waals surface area contributed by atoms with Gasteiger partial charge in [0.15, 0.2) is 0 Å². The Balaban J connectivity index is 1.48. The minimum atomic E-state index is -3.88. The molecule has 0 bridgehead atoms. The average Bonchev–Trinajstić information content (AvgIpc) is 3.90. The second kappa shape index (κ2) is 16.0. The summed E-state index contributed by atoms with van der Waals surface area (Å²) >= 11 is 0. The van der Waals surface area contributed by atoms with E-state index in [1.54, 1.807) is 12.1 Å². The Bertz CT molecular complexity index is 1410. The fraction of sp³-hybridized carbons (Fsp3) is 0.472. The van der Waals surface area contributed by atoms with Gasteiger partial charge in [-0.05, 0) is 72.8 Å². The van der Waals surface area contributed by atoms with Crippen LogP contribution in [0, 0.1) is 11.8 Å². The van der Waals surface area contributed by atoms with Crippen molar-refractivity contribution in [3.63, 3.8) is 0 Å². The van der Waals surface area contributed by atoms with Crippen molar-refractivity contribution in [3.05, 3.63) is 102 Å². The molecule has 3 atom stereocenters. The molecule has 0 spiro atoms. The monoisotopic (exact) mass is 635 g/mol. The van der Waals surface area contributed by atoms with E-state index in [9.17, 15) is 23.4 Å². The molecule has 0 radical (unpaired) electrons. The normalized spacial score (nSPS) is 15.8. The lowest BCUT2D eigenvalue weighted by Gasteiger charge is -2.34. The lowest BCUT2D eigenvalue weighted by atomic mass is 9.84. The van der Waals surface area contributed by atoms with Gasteiger partial charge in [-0.2, -0.15) is 4.31 Å². The summed E-state index contributed by atoms with van der Waals surface area (Å²) in [7, 11) is -2.04. The Morgan fingerprint density at radius 3 is 1.91 bits per heavy atom. The second-order valence-electron chi connectivity index (χ2n) is 12.7. The molecule has 4 rings (SSSR count). The number of likely N-dealkylation sites (N-methyl/N-ethyl adjacent to an activating group) is 1. The van der Waals surface area contributed by atoms with Crippen LogP contribution in [0.4, 0.5) is 0 Å². The van der Waals surface area contributed by atoms with Gasteiger partial charge in [-0.1, -0.05) is 86.6 Å². The van der Waals surface area contributed by atoms with Crippen LogP contribution in [0.3, 0.4) is 0 Å². The number of aliphatic hydroxyl groups excluding tert-OH is 2. The second-order valence-corrected chi connectivity index (χ2v) is 14.6. The van der Waals surface area contributed by atoms with E-state index in [0.29, 0.717) is 30.7 Å². The highest BCUT2D eigenvalue weighted by Gasteiger charge is 2.39. The maximum absolute atomic E-state index is 14.0. The third-order valence-electron chi connectivity index (χ3n) is 8.89. The number of carbonyl (C=O) groups is 1. The number of sulfonamides is 1. The first kappa shape index (κ1) is 34.8. The van der Waals surface area contributed by atoms with Crippen LogP contribution in [0.5, 0.6) is 0 Å². The van der Waals surface area contributed by atoms with Gasteiger partial charge in [-0.3, -0.25) is 4.79 Å². The van der Waals surface area contributed by atoms with Crippen LogP contribution in [0.25, 0.3) is 0 Å². The topological polar surface area (TPSA) is 124 Å². The molecule has 0 unspecified atom stereocenters. The molecule has 1 aliphatic carbocycles. The molecule has 0 aliphatic heterocycles. The maximum atomic E-state index is 14.0. The summed E-state index contributed by atoms with van der Waals surface area (Å²) in [5.41, 5.74) is 9.39. The quantitative estimate of drug-likeness (QED) is 0.197. The molecule has 1 aliphatic rings. The van der Waals surface area contributed by atoms with E-state index < -0.39 is 22.1 Å². The van der Waals surface area contributed by atoms with Crippen LogP contribution in [-0.2, 0) is 21.4 Å². The van der Waals surface area contributed by atoms with Crippen molar-refractivity contribution in [2.45, 2.75) is 81.5 Å². The number of nitrogens with two attached hydrogens (primary N) is 1. The average molecular weight is 636 g/mol. The third-order valence-corrected chi connectivity index (χ3v) is 10.8. The molecule has 9 heteroatoms. The molecule has 45 heavy (non-hydrogen) atoms. The molecule has 1 fully saturated rings. The summed E-state index contributed by atoms with van der Waals surface area (Å²) in [5.74, 6) is 0.0317. The van der Waals surface area contributed by atoms with Crippen molar-refractivity contribution in [1.82, 2.24) is 9.21 Å². The molecule has 0 heterocycles. The maximum Gasteiger partial charge on any atom is 0.243 e. The Morgan fingerprint density at radius 1 is 0.889 bits per heavy atom. The van der Waals surface area contributed by atoms with Gasteiger partial charge in [-0.15, -0.1) is 0 Å². The van der Waals surface area contributed by atoms with Gasteiger partial charge in [0, 0.05) is 31.6 Å². The smallest absolute Gasteiger partial charge is 0.243 e. The van der Waals surface area contributed by atoms with Crippen LogP contribution in [0.15, 0.2) is 89.8 Å². The number of nitrogens with zero attached hydrogens (tertiary/aromatic N) is 2. The minimum Gasteiger partial charge on any atom is -0.395 e. The zero-order valence-electron chi connectivity index (χ0n) is 26.7. The van der Waals surface area contributed by atoms with Crippen molar-refractivity contribution in [2.24, 2.45) is 17.6 Å². The van der Waals surface area contributed by atoms with Gasteiger partial charge >= 0.3 is 0 Å². The first-order valence-electron chi connectivity index (χ1n) is 16.0. The zero-order valence-corrected chi connectivity index (χ0v) is 27.5. The van der Waals surface area contributed by atoms with Crippen LogP contribution in [-0.4, -0.2) is 72.1 Å². The minimum absolute atomic E-state index is 0.0173. The third kappa shape index (κ3) is 8.80. The van der Waals surface area contributed by atoms with E-state index >= 15 is 0 Å². The molecular weight excluding hydrogens is 586 g/mol. The van der Waals surface area contributed by atoms with Crippen molar-refractivity contribution in [1.29, 1.82) is 0 Å². The van der Waals surface area contributed by atoms with E-state index in [2.05, 4.69) is 0 Å². The lowest BCUT2D eigenvalue weighted by Crippen LogP contribution is -2.50. The van der Waals surface area contributed by atoms with E-state index in [4.69, 9.17) is 5.73 Å². The van der Waals surface area contributed by atoms with Crippen molar-refractivity contribution < 1.29 is 23.4 Å². The molecule has 8 nitrogen and oxygen atoms in total. The van der Waals surface area contributed by atoms with Gasteiger partial charge < -0.3 is 20.8 Å². The highest BCUT2D eigenvalue weighted by Crippen LogP contribution is 2.38. The highest BCUT2D eigenvalue weighted by atomic mass is 32.2. The molecule has 4 N–H and O–H groups in total.